The van der Waals surface area contributed by atoms with Gasteiger partial charge in [0.2, 0.25) is 0 Å². The molecule has 3 aromatic rings. The number of hydrogen-bond acceptors (Lipinski definition) is 5. The van der Waals surface area contributed by atoms with Crippen molar-refractivity contribution in [2.45, 2.75) is 37.0 Å². The molecule has 0 aliphatic carbocycles. The highest BCUT2D eigenvalue weighted by Crippen LogP contribution is 2.38. The minimum Gasteiger partial charge on any atom is -0.497 e. The van der Waals surface area contributed by atoms with E-state index in [1.165, 1.54) is 12.1 Å². The molecule has 5 nitrogen and oxygen atoms in total. The van der Waals surface area contributed by atoms with Crippen LogP contribution in [0.25, 0.3) is 10.9 Å². The quantitative estimate of drug-likeness (QED) is 0.318. The average molecular weight is 517 g/mol. The van der Waals surface area contributed by atoms with Crippen molar-refractivity contribution in [2.75, 3.05) is 32.5 Å². The zero-order valence-electron chi connectivity index (χ0n) is 19.8. The van der Waals surface area contributed by atoms with Crippen molar-refractivity contribution in [3.05, 3.63) is 65.1 Å². The van der Waals surface area contributed by atoms with Gasteiger partial charge in [0.25, 0.3) is 0 Å². The van der Waals surface area contributed by atoms with Gasteiger partial charge in [-0.2, -0.15) is 0 Å². The van der Waals surface area contributed by atoms with E-state index in [0.29, 0.717) is 30.7 Å². The third-order valence-electron chi connectivity index (χ3n) is 6.97. The van der Waals surface area contributed by atoms with Crippen LogP contribution in [0.2, 0.25) is 5.02 Å². The Kier molecular flexibility index (Phi) is 8.52. The number of carbonyl (C=O) groups is 1. The van der Waals surface area contributed by atoms with E-state index in [-0.39, 0.29) is 5.82 Å². The lowest BCUT2D eigenvalue weighted by atomic mass is 9.74. The van der Waals surface area contributed by atoms with Crippen molar-refractivity contribution in [1.82, 2.24) is 9.88 Å². The highest BCUT2D eigenvalue weighted by Gasteiger charge is 2.40. The lowest BCUT2D eigenvalue weighted by Gasteiger charge is -2.39. The third-order valence-corrected chi connectivity index (χ3v) is 8.29. The van der Waals surface area contributed by atoms with Crippen molar-refractivity contribution in [3.63, 3.8) is 0 Å². The maximum absolute atomic E-state index is 13.1. The van der Waals surface area contributed by atoms with Gasteiger partial charge in [-0.15, -0.1) is 11.8 Å². The molecule has 0 unspecified atom stereocenters. The average Bonchev–Trinajstić information content (AvgIpc) is 2.87. The second-order valence-corrected chi connectivity index (χ2v) is 10.6. The van der Waals surface area contributed by atoms with Gasteiger partial charge in [0.1, 0.15) is 11.6 Å². The van der Waals surface area contributed by atoms with Crippen LogP contribution in [-0.4, -0.2) is 53.5 Å². The number of likely N-dealkylation sites (tertiary alicyclic amines) is 1. The van der Waals surface area contributed by atoms with E-state index in [1.54, 1.807) is 37.2 Å². The SMILES string of the molecule is COc1ccc2ncc(Cl)c(CCCC3(C(=O)O)CCN(CCSc4ccc(F)cc4)CC3)c2c1. The Morgan fingerprint density at radius 1 is 1.23 bits per heavy atom. The summed E-state index contributed by atoms with van der Waals surface area (Å²) in [6.07, 6.45) is 5.00. The standard InChI is InChI=1S/C27H30ClFN2O3S/c1-34-20-6-9-25-23(17-20)22(24(28)18-30-25)3-2-10-27(26(32)33)11-13-31(14-12-27)15-16-35-21-7-4-19(29)5-8-21/h4-9,17-18H,2-3,10-16H2,1H3,(H,32,33). The molecule has 2 aromatic carbocycles. The smallest absolute Gasteiger partial charge is 0.309 e. The molecule has 1 fully saturated rings. The van der Waals surface area contributed by atoms with E-state index in [0.717, 1.165) is 58.9 Å². The monoisotopic (exact) mass is 516 g/mol. The minimum absolute atomic E-state index is 0.227. The predicted octanol–water partition coefficient (Wildman–Crippen LogP) is 6.32. The Bertz CT molecular complexity index is 1170. The normalized spacial score (nSPS) is 15.9. The van der Waals surface area contributed by atoms with Crippen LogP contribution < -0.4 is 4.74 Å². The Hall–Kier alpha value is -2.35. The summed E-state index contributed by atoms with van der Waals surface area (Å²) < 4.78 is 18.4. The molecule has 0 radical (unpaired) electrons. The number of hydrogen-bond donors (Lipinski definition) is 1. The number of aryl methyl sites for hydroxylation is 1. The highest BCUT2D eigenvalue weighted by molar-refractivity contribution is 7.99. The molecule has 4 rings (SSSR count). The summed E-state index contributed by atoms with van der Waals surface area (Å²) in [5, 5.41) is 11.7. The molecule has 0 atom stereocenters. The predicted molar refractivity (Wildman–Crippen MR) is 139 cm³/mol. The fraction of sp³-hybridized carbons (Fsp3) is 0.407. The zero-order valence-corrected chi connectivity index (χ0v) is 21.4. The molecule has 1 aliphatic rings. The number of piperidine rings is 1. The number of benzene rings is 2. The Morgan fingerprint density at radius 2 is 1.97 bits per heavy atom. The molecule has 1 N–H and O–H groups in total. The molecule has 0 amide bonds. The number of ether oxygens (including phenoxy) is 1. The molecular formula is C27H30ClFN2O3S. The molecule has 1 aromatic heterocycles. The fourth-order valence-corrected chi connectivity index (χ4v) is 5.94. The molecular weight excluding hydrogens is 487 g/mol. The van der Waals surface area contributed by atoms with Crippen molar-refractivity contribution in [1.29, 1.82) is 0 Å². The van der Waals surface area contributed by atoms with Gasteiger partial charge in [0, 0.05) is 28.8 Å². The number of aromatic nitrogens is 1. The number of carboxylic acids is 1. The Labute approximate surface area is 214 Å². The summed E-state index contributed by atoms with van der Waals surface area (Å²) in [7, 11) is 1.63. The van der Waals surface area contributed by atoms with Gasteiger partial charge in [-0.25, -0.2) is 4.39 Å². The third kappa shape index (κ3) is 6.26. The lowest BCUT2D eigenvalue weighted by molar-refractivity contribution is -0.152. The van der Waals surface area contributed by atoms with E-state index >= 15 is 0 Å². The van der Waals surface area contributed by atoms with E-state index < -0.39 is 11.4 Å². The number of nitrogens with zero attached hydrogens (tertiary/aromatic N) is 2. The number of fused-ring (bicyclic) bond motifs is 1. The van der Waals surface area contributed by atoms with Gasteiger partial charge in [0.05, 0.1) is 23.1 Å². The van der Waals surface area contributed by atoms with Crippen LogP contribution in [0.15, 0.2) is 53.6 Å². The number of rotatable bonds is 10. The van der Waals surface area contributed by atoms with Crippen LogP contribution >= 0.6 is 23.4 Å². The Morgan fingerprint density at radius 3 is 2.66 bits per heavy atom. The van der Waals surface area contributed by atoms with E-state index in [1.807, 2.05) is 18.2 Å². The van der Waals surface area contributed by atoms with Crippen molar-refractivity contribution < 1.29 is 19.0 Å². The first kappa shape index (κ1) is 25.7. The van der Waals surface area contributed by atoms with E-state index in [9.17, 15) is 14.3 Å². The first-order valence-electron chi connectivity index (χ1n) is 11.9. The number of aliphatic carboxylic acids is 1. The van der Waals surface area contributed by atoms with Crippen molar-refractivity contribution >= 4 is 40.2 Å². The summed E-state index contributed by atoms with van der Waals surface area (Å²) in [5.41, 5.74) is 1.14. The van der Waals surface area contributed by atoms with Crippen LogP contribution in [0.5, 0.6) is 5.75 Å². The number of pyridine rings is 1. The van der Waals surface area contributed by atoms with Crippen LogP contribution in [0.3, 0.4) is 0 Å². The number of carboxylic acid groups (broad SMARTS) is 1. The van der Waals surface area contributed by atoms with E-state index in [4.69, 9.17) is 16.3 Å². The van der Waals surface area contributed by atoms with Gasteiger partial charge >= 0.3 is 5.97 Å². The van der Waals surface area contributed by atoms with Crippen molar-refractivity contribution in [3.8, 4) is 5.75 Å². The number of thioether (sulfide) groups is 1. The summed E-state index contributed by atoms with van der Waals surface area (Å²) >= 11 is 8.18. The van der Waals surface area contributed by atoms with Gasteiger partial charge < -0.3 is 14.7 Å². The zero-order chi connectivity index (χ0) is 24.8. The molecule has 1 aliphatic heterocycles. The largest absolute Gasteiger partial charge is 0.497 e. The van der Waals surface area contributed by atoms with Crippen molar-refractivity contribution in [2.24, 2.45) is 5.41 Å². The fourth-order valence-electron chi connectivity index (χ4n) is 4.79. The van der Waals surface area contributed by atoms with Crippen LogP contribution in [0.1, 0.15) is 31.2 Å². The van der Waals surface area contributed by atoms with Crippen LogP contribution in [-0.2, 0) is 11.2 Å². The summed E-state index contributed by atoms with van der Waals surface area (Å²) in [4.78, 5) is 20.1. The molecule has 2 heterocycles. The van der Waals surface area contributed by atoms with Gasteiger partial charge in [0.15, 0.2) is 0 Å². The first-order chi connectivity index (χ1) is 16.9. The number of methoxy groups -OCH3 is 1. The molecule has 1 saturated heterocycles. The second-order valence-electron chi connectivity index (χ2n) is 9.05. The first-order valence-corrected chi connectivity index (χ1v) is 13.2. The Balaban J connectivity index is 1.32. The summed E-state index contributed by atoms with van der Waals surface area (Å²) in [5.74, 6) is 0.706. The maximum atomic E-state index is 13.1. The van der Waals surface area contributed by atoms with Gasteiger partial charge in [-0.05, 0) is 93.2 Å². The maximum Gasteiger partial charge on any atom is 0.309 e. The minimum atomic E-state index is -0.704. The molecule has 0 saturated carbocycles. The van der Waals surface area contributed by atoms with Crippen LogP contribution in [0, 0.1) is 11.2 Å². The summed E-state index contributed by atoms with van der Waals surface area (Å²) in [6.45, 7) is 2.43. The molecule has 0 bridgehead atoms. The second kappa shape index (κ2) is 11.6. The molecule has 186 valence electrons. The topological polar surface area (TPSA) is 62.7 Å². The van der Waals surface area contributed by atoms with Gasteiger partial charge in [-0.3, -0.25) is 9.78 Å². The molecule has 8 heteroatoms. The van der Waals surface area contributed by atoms with E-state index in [2.05, 4.69) is 9.88 Å². The summed E-state index contributed by atoms with van der Waals surface area (Å²) in [6, 6.07) is 12.3. The highest BCUT2D eigenvalue weighted by atomic mass is 35.5. The molecule has 35 heavy (non-hydrogen) atoms. The number of halogens is 2. The lowest BCUT2D eigenvalue weighted by Crippen LogP contribution is -2.45. The van der Waals surface area contributed by atoms with Crippen LogP contribution in [0.4, 0.5) is 4.39 Å². The molecule has 0 spiro atoms. The van der Waals surface area contributed by atoms with Gasteiger partial charge in [-0.1, -0.05) is 11.6 Å².